The minimum Gasteiger partial charge on any atom is -0.341 e. The number of aryl methyl sites for hydroxylation is 1. The Hall–Kier alpha value is -1.85. The van der Waals surface area contributed by atoms with Crippen molar-refractivity contribution in [3.63, 3.8) is 0 Å². The molecule has 32 heavy (non-hydrogen) atoms. The zero-order chi connectivity index (χ0) is 22.5. The second kappa shape index (κ2) is 8.18. The average molecular weight is 463 g/mol. The summed E-state index contributed by atoms with van der Waals surface area (Å²) in [4.78, 5) is 0.0870. The highest BCUT2D eigenvalue weighted by atomic mass is 32.2. The van der Waals surface area contributed by atoms with Gasteiger partial charge >= 0.3 is 0 Å². The molecule has 2 aromatic carbocycles. The molecular formula is C23H26O8S. The van der Waals surface area contributed by atoms with Gasteiger partial charge in [-0.25, -0.2) is 0 Å². The van der Waals surface area contributed by atoms with Gasteiger partial charge in [-0.05, 0) is 32.9 Å². The second-order valence-electron chi connectivity index (χ2n) is 8.64. The van der Waals surface area contributed by atoms with Crippen molar-refractivity contribution >= 4 is 10.1 Å². The fraction of sp³-hybridized carbons (Fsp3) is 0.478. The van der Waals surface area contributed by atoms with Crippen LogP contribution in [-0.2, 0) is 38.0 Å². The standard InChI is InChI=1S/C23H26O8S/c1-14-9-11-16(12-10-14)32(24,25)26-13-17-18-19(20-22(28-18)31-23(2,3)30-20)29-21(27-17)15-7-5-4-6-8-15/h4-12,17-22H,13H2,1-3H3/t17-,18-,19+,20-,21+,22-/m1/s1. The Labute approximate surface area is 187 Å². The molecule has 6 atom stereocenters. The summed E-state index contributed by atoms with van der Waals surface area (Å²) in [5.41, 5.74) is 1.76. The second-order valence-corrected chi connectivity index (χ2v) is 10.3. The van der Waals surface area contributed by atoms with Gasteiger partial charge in [0.2, 0.25) is 0 Å². The third-order valence-electron chi connectivity index (χ3n) is 5.74. The molecule has 3 aliphatic rings. The summed E-state index contributed by atoms with van der Waals surface area (Å²) in [7, 11) is -3.96. The van der Waals surface area contributed by atoms with Gasteiger partial charge in [0.25, 0.3) is 10.1 Å². The van der Waals surface area contributed by atoms with Gasteiger partial charge in [-0.1, -0.05) is 48.0 Å². The molecular weight excluding hydrogens is 436 g/mol. The smallest absolute Gasteiger partial charge is 0.297 e. The van der Waals surface area contributed by atoms with E-state index >= 15 is 0 Å². The lowest BCUT2D eigenvalue weighted by molar-refractivity contribution is -0.312. The fourth-order valence-corrected chi connectivity index (χ4v) is 5.12. The molecule has 3 fully saturated rings. The van der Waals surface area contributed by atoms with Crippen LogP contribution in [0.3, 0.4) is 0 Å². The van der Waals surface area contributed by atoms with Crippen molar-refractivity contribution in [1.29, 1.82) is 0 Å². The zero-order valence-electron chi connectivity index (χ0n) is 18.0. The van der Waals surface area contributed by atoms with E-state index in [4.69, 9.17) is 27.9 Å². The van der Waals surface area contributed by atoms with Crippen molar-refractivity contribution in [2.24, 2.45) is 0 Å². The number of hydrogen-bond acceptors (Lipinski definition) is 8. The summed E-state index contributed by atoms with van der Waals surface area (Å²) in [5.74, 6) is -0.801. The van der Waals surface area contributed by atoms with Gasteiger partial charge in [0.1, 0.15) is 24.4 Å². The summed E-state index contributed by atoms with van der Waals surface area (Å²) < 4.78 is 61.0. The Morgan fingerprint density at radius 2 is 1.59 bits per heavy atom. The topological polar surface area (TPSA) is 89.5 Å². The quantitative estimate of drug-likeness (QED) is 0.627. The van der Waals surface area contributed by atoms with Crippen LogP contribution in [0.4, 0.5) is 0 Å². The molecule has 0 N–H and O–H groups in total. The van der Waals surface area contributed by atoms with E-state index in [-0.39, 0.29) is 11.5 Å². The van der Waals surface area contributed by atoms with Crippen LogP contribution in [0.2, 0.25) is 0 Å². The van der Waals surface area contributed by atoms with E-state index in [1.165, 1.54) is 12.1 Å². The molecule has 0 unspecified atom stereocenters. The molecule has 5 rings (SSSR count). The van der Waals surface area contributed by atoms with Crippen molar-refractivity contribution in [3.05, 3.63) is 65.7 Å². The molecule has 172 valence electrons. The van der Waals surface area contributed by atoms with E-state index in [2.05, 4.69) is 0 Å². The Kier molecular flexibility index (Phi) is 5.61. The number of benzene rings is 2. The maximum Gasteiger partial charge on any atom is 0.297 e. The Morgan fingerprint density at radius 3 is 2.31 bits per heavy atom. The molecule has 0 radical (unpaired) electrons. The third kappa shape index (κ3) is 4.22. The molecule has 8 nitrogen and oxygen atoms in total. The first kappa shape index (κ1) is 22.0. The number of ether oxygens (including phenoxy) is 5. The van der Waals surface area contributed by atoms with E-state index in [1.807, 2.05) is 51.1 Å². The Morgan fingerprint density at radius 1 is 0.875 bits per heavy atom. The highest BCUT2D eigenvalue weighted by Gasteiger charge is 2.60. The Balaban J connectivity index is 1.37. The van der Waals surface area contributed by atoms with E-state index in [1.54, 1.807) is 12.1 Å². The van der Waals surface area contributed by atoms with Gasteiger partial charge in [-0.15, -0.1) is 0 Å². The van der Waals surface area contributed by atoms with Gasteiger partial charge in [-0.2, -0.15) is 8.42 Å². The van der Waals surface area contributed by atoms with Crippen molar-refractivity contribution in [3.8, 4) is 0 Å². The summed E-state index contributed by atoms with van der Waals surface area (Å²) in [6.45, 7) is 5.28. The van der Waals surface area contributed by atoms with Gasteiger partial charge < -0.3 is 23.7 Å². The molecule has 0 aliphatic carbocycles. The molecule has 3 aliphatic heterocycles. The molecule has 0 aromatic heterocycles. The normalized spacial score (nSPS) is 33.6. The van der Waals surface area contributed by atoms with E-state index in [9.17, 15) is 8.42 Å². The van der Waals surface area contributed by atoms with Gasteiger partial charge in [-0.3, -0.25) is 4.18 Å². The van der Waals surface area contributed by atoms with Gasteiger partial charge in [0, 0.05) is 5.56 Å². The average Bonchev–Trinajstić information content (AvgIpc) is 3.25. The number of hydrogen-bond donors (Lipinski definition) is 0. The van der Waals surface area contributed by atoms with Gasteiger partial charge in [0.15, 0.2) is 18.4 Å². The molecule has 3 heterocycles. The monoisotopic (exact) mass is 462 g/mol. The summed E-state index contributed by atoms with van der Waals surface area (Å²) in [5, 5.41) is 0. The van der Waals surface area contributed by atoms with Crippen molar-refractivity contribution < 1.29 is 36.3 Å². The van der Waals surface area contributed by atoms with Crippen molar-refractivity contribution in [1.82, 2.24) is 0 Å². The van der Waals surface area contributed by atoms with Crippen LogP contribution in [-0.4, -0.2) is 51.5 Å². The van der Waals surface area contributed by atoms with E-state index in [0.29, 0.717) is 0 Å². The van der Waals surface area contributed by atoms with Crippen molar-refractivity contribution in [2.45, 2.75) is 68.4 Å². The van der Waals surface area contributed by atoms with Crippen LogP contribution in [0.1, 0.15) is 31.3 Å². The number of fused-ring (bicyclic) bond motifs is 3. The zero-order valence-corrected chi connectivity index (χ0v) is 18.9. The van der Waals surface area contributed by atoms with Gasteiger partial charge in [0.05, 0.1) is 11.5 Å². The highest BCUT2D eigenvalue weighted by Crippen LogP contribution is 2.45. The first-order valence-electron chi connectivity index (χ1n) is 10.5. The first-order chi connectivity index (χ1) is 15.2. The predicted molar refractivity (Wildman–Crippen MR) is 112 cm³/mol. The summed E-state index contributed by atoms with van der Waals surface area (Å²) in [6.07, 6.45) is -3.62. The predicted octanol–water partition coefficient (Wildman–Crippen LogP) is 3.06. The van der Waals surface area contributed by atoms with E-state index < -0.39 is 52.9 Å². The summed E-state index contributed by atoms with van der Waals surface area (Å²) in [6, 6.07) is 15.9. The number of rotatable bonds is 5. The molecule has 9 heteroatoms. The first-order valence-corrected chi connectivity index (χ1v) is 12.0. The molecule has 0 spiro atoms. The maximum absolute atomic E-state index is 12.7. The molecule has 2 aromatic rings. The lowest BCUT2D eigenvalue weighted by atomic mass is 10.0. The fourth-order valence-electron chi connectivity index (χ4n) is 4.20. The Bertz CT molecular complexity index is 1050. The van der Waals surface area contributed by atoms with Crippen LogP contribution in [0.15, 0.2) is 59.5 Å². The van der Waals surface area contributed by atoms with Crippen LogP contribution in [0.5, 0.6) is 0 Å². The molecule has 3 saturated heterocycles. The SMILES string of the molecule is Cc1ccc(S(=O)(=O)OC[C@H]2O[C@H](c3ccccc3)O[C@@H]3[C@H]4OC(C)(C)O[C@H]4O[C@@H]32)cc1. The van der Waals surface area contributed by atoms with Crippen LogP contribution in [0.25, 0.3) is 0 Å². The van der Waals surface area contributed by atoms with Crippen molar-refractivity contribution in [2.75, 3.05) is 6.61 Å². The molecule has 0 saturated carbocycles. The maximum atomic E-state index is 12.7. The van der Waals surface area contributed by atoms with E-state index in [0.717, 1.165) is 11.1 Å². The molecule has 0 amide bonds. The minimum absolute atomic E-state index is 0.0870. The highest BCUT2D eigenvalue weighted by molar-refractivity contribution is 7.86. The lowest BCUT2D eigenvalue weighted by Gasteiger charge is -2.39. The molecule has 0 bridgehead atoms. The van der Waals surface area contributed by atoms with Crippen LogP contribution in [0, 0.1) is 6.92 Å². The third-order valence-corrected chi connectivity index (χ3v) is 7.04. The lowest BCUT2D eigenvalue weighted by Crippen LogP contribution is -2.51. The summed E-state index contributed by atoms with van der Waals surface area (Å²) >= 11 is 0. The minimum atomic E-state index is -3.96. The van der Waals surface area contributed by atoms with Crippen LogP contribution >= 0.6 is 0 Å². The van der Waals surface area contributed by atoms with Crippen LogP contribution < -0.4 is 0 Å². The largest absolute Gasteiger partial charge is 0.341 e.